The van der Waals surface area contributed by atoms with Crippen LogP contribution in [0.1, 0.15) is 54.6 Å². The van der Waals surface area contributed by atoms with E-state index in [4.69, 9.17) is 10.7 Å². The Bertz CT molecular complexity index is 380. The predicted molar refractivity (Wildman–Crippen MR) is 83.6 cm³/mol. The maximum atomic E-state index is 5.98. The maximum absolute atomic E-state index is 5.98. The minimum absolute atomic E-state index is 0.720. The molecule has 3 atom stereocenters. The molecule has 3 unspecified atom stereocenters. The third kappa shape index (κ3) is 3.79. The van der Waals surface area contributed by atoms with Crippen LogP contribution in [0.25, 0.3) is 0 Å². The lowest BCUT2D eigenvalue weighted by Crippen LogP contribution is -2.31. The van der Waals surface area contributed by atoms with Gasteiger partial charge in [0, 0.05) is 11.3 Å². The quantitative estimate of drug-likeness (QED) is 0.882. The van der Waals surface area contributed by atoms with Crippen LogP contribution in [-0.2, 0) is 6.42 Å². The van der Waals surface area contributed by atoms with Gasteiger partial charge in [0.2, 0.25) is 0 Å². The fourth-order valence-electron chi connectivity index (χ4n) is 3.51. The molecule has 0 saturated heterocycles. The average Bonchev–Trinajstić information content (AvgIpc) is 2.69. The van der Waals surface area contributed by atoms with Crippen molar-refractivity contribution in [2.45, 2.75) is 59.3 Å². The third-order valence-electron chi connectivity index (χ3n) is 4.76. The zero-order chi connectivity index (χ0) is 13.8. The van der Waals surface area contributed by atoms with Crippen LogP contribution in [0.3, 0.4) is 0 Å². The van der Waals surface area contributed by atoms with Crippen LogP contribution in [0.4, 0.5) is 0 Å². The Kier molecular flexibility index (Phi) is 5.40. The highest BCUT2D eigenvalue weighted by molar-refractivity contribution is 7.11. The van der Waals surface area contributed by atoms with Gasteiger partial charge in [0.1, 0.15) is 0 Å². The first-order valence-corrected chi connectivity index (χ1v) is 8.58. The van der Waals surface area contributed by atoms with E-state index in [0.717, 1.165) is 30.7 Å². The summed E-state index contributed by atoms with van der Waals surface area (Å²) in [5.74, 6) is 2.41. The highest BCUT2D eigenvalue weighted by Gasteiger charge is 2.30. The van der Waals surface area contributed by atoms with E-state index in [0.29, 0.717) is 0 Å². The summed E-state index contributed by atoms with van der Waals surface area (Å²) in [5.41, 5.74) is 7.20. The average molecular weight is 280 g/mol. The van der Waals surface area contributed by atoms with Crippen LogP contribution in [0.15, 0.2) is 0 Å². The molecule has 108 valence electrons. The first kappa shape index (κ1) is 15.0. The van der Waals surface area contributed by atoms with Gasteiger partial charge < -0.3 is 5.73 Å². The van der Waals surface area contributed by atoms with Gasteiger partial charge in [0.15, 0.2) is 0 Å². The van der Waals surface area contributed by atoms with E-state index in [2.05, 4.69) is 20.8 Å². The number of aryl methyl sites for hydroxylation is 2. The molecule has 2 N–H and O–H groups in total. The number of hydrogen-bond donors (Lipinski definition) is 1. The van der Waals surface area contributed by atoms with Crippen LogP contribution in [0, 0.1) is 31.6 Å². The number of nitrogens with zero attached hydrogens (tertiary/aromatic N) is 1. The smallest absolute Gasteiger partial charge is 0.0933 e. The summed E-state index contributed by atoms with van der Waals surface area (Å²) < 4.78 is 0. The van der Waals surface area contributed by atoms with E-state index >= 15 is 0 Å². The number of rotatable bonds is 5. The van der Waals surface area contributed by atoms with Crippen molar-refractivity contribution in [3.05, 3.63) is 15.6 Å². The Balaban J connectivity index is 2.01. The van der Waals surface area contributed by atoms with Gasteiger partial charge in [-0.3, -0.25) is 0 Å². The Morgan fingerprint density at radius 1 is 1.26 bits per heavy atom. The van der Waals surface area contributed by atoms with Crippen LogP contribution in [0.5, 0.6) is 0 Å². The lowest BCUT2D eigenvalue weighted by Gasteiger charge is -2.35. The molecule has 0 aromatic carbocycles. The zero-order valence-electron chi connectivity index (χ0n) is 12.6. The normalized spacial score (nSPS) is 27.7. The largest absolute Gasteiger partial charge is 0.330 e. The Morgan fingerprint density at radius 3 is 2.63 bits per heavy atom. The number of thiazole rings is 1. The predicted octanol–water partition coefficient (Wildman–Crippen LogP) is 4.09. The molecule has 1 heterocycles. The molecular weight excluding hydrogens is 252 g/mol. The second-order valence-corrected chi connectivity index (χ2v) is 7.46. The van der Waals surface area contributed by atoms with Gasteiger partial charge in [-0.15, -0.1) is 11.3 Å². The van der Waals surface area contributed by atoms with Gasteiger partial charge in [-0.1, -0.05) is 26.2 Å². The summed E-state index contributed by atoms with van der Waals surface area (Å²) in [6.45, 7) is 7.46. The Labute approximate surface area is 121 Å². The van der Waals surface area contributed by atoms with E-state index < -0.39 is 0 Å². The molecule has 0 aliphatic heterocycles. The maximum Gasteiger partial charge on any atom is 0.0933 e. The van der Waals surface area contributed by atoms with Gasteiger partial charge in [0.25, 0.3) is 0 Å². The third-order valence-corrected chi connectivity index (χ3v) is 5.85. The summed E-state index contributed by atoms with van der Waals surface area (Å²) in [6.07, 6.45) is 7.95. The van der Waals surface area contributed by atoms with Crippen molar-refractivity contribution >= 4 is 11.3 Å². The van der Waals surface area contributed by atoms with Crippen molar-refractivity contribution < 1.29 is 0 Å². The number of aromatic nitrogens is 1. The molecule has 1 aliphatic carbocycles. The SMILES string of the molecule is CCCC1CCC(CN)C(Cc2nc(C)c(C)s2)C1. The fourth-order valence-corrected chi connectivity index (χ4v) is 4.53. The van der Waals surface area contributed by atoms with Crippen molar-refractivity contribution in [2.24, 2.45) is 23.5 Å². The van der Waals surface area contributed by atoms with Gasteiger partial charge in [-0.2, -0.15) is 0 Å². The van der Waals surface area contributed by atoms with Crippen LogP contribution in [0.2, 0.25) is 0 Å². The Morgan fingerprint density at radius 2 is 2.05 bits per heavy atom. The van der Waals surface area contributed by atoms with Gasteiger partial charge >= 0.3 is 0 Å². The molecule has 2 rings (SSSR count). The van der Waals surface area contributed by atoms with Crippen LogP contribution < -0.4 is 5.73 Å². The lowest BCUT2D eigenvalue weighted by atomic mass is 9.71. The molecule has 0 amide bonds. The molecule has 1 aromatic heterocycles. The van der Waals surface area contributed by atoms with Crippen LogP contribution >= 0.6 is 11.3 Å². The van der Waals surface area contributed by atoms with E-state index in [1.165, 1.54) is 47.7 Å². The zero-order valence-corrected chi connectivity index (χ0v) is 13.4. The lowest BCUT2D eigenvalue weighted by molar-refractivity contribution is 0.175. The Hall–Kier alpha value is -0.410. The minimum Gasteiger partial charge on any atom is -0.330 e. The molecule has 1 fully saturated rings. The van der Waals surface area contributed by atoms with E-state index in [1.807, 2.05) is 11.3 Å². The van der Waals surface area contributed by atoms with Gasteiger partial charge in [-0.25, -0.2) is 4.98 Å². The molecule has 3 heteroatoms. The first-order valence-electron chi connectivity index (χ1n) is 7.77. The van der Waals surface area contributed by atoms with Crippen LogP contribution in [-0.4, -0.2) is 11.5 Å². The second-order valence-electron chi connectivity index (χ2n) is 6.18. The summed E-state index contributed by atoms with van der Waals surface area (Å²) in [4.78, 5) is 6.10. The summed E-state index contributed by atoms with van der Waals surface area (Å²) >= 11 is 1.88. The summed E-state index contributed by atoms with van der Waals surface area (Å²) in [7, 11) is 0. The van der Waals surface area contributed by atoms with Crippen molar-refractivity contribution in [3.63, 3.8) is 0 Å². The molecule has 1 aromatic rings. The second kappa shape index (κ2) is 6.85. The van der Waals surface area contributed by atoms with Crippen molar-refractivity contribution in [1.82, 2.24) is 4.98 Å². The molecule has 1 aliphatic rings. The highest BCUT2D eigenvalue weighted by Crippen LogP contribution is 2.38. The van der Waals surface area contributed by atoms with Crippen molar-refractivity contribution in [3.8, 4) is 0 Å². The monoisotopic (exact) mass is 280 g/mol. The number of nitrogens with two attached hydrogens (primary N) is 1. The highest BCUT2D eigenvalue weighted by atomic mass is 32.1. The summed E-state index contributed by atoms with van der Waals surface area (Å²) in [5, 5.41) is 1.33. The summed E-state index contributed by atoms with van der Waals surface area (Å²) in [6, 6.07) is 0. The molecule has 0 bridgehead atoms. The van der Waals surface area contributed by atoms with E-state index in [1.54, 1.807) is 0 Å². The molecule has 0 spiro atoms. The molecule has 0 radical (unpaired) electrons. The molecule has 1 saturated carbocycles. The molecule has 2 nitrogen and oxygen atoms in total. The first-order chi connectivity index (χ1) is 9.13. The van der Waals surface area contributed by atoms with Crippen molar-refractivity contribution in [2.75, 3.05) is 6.54 Å². The van der Waals surface area contributed by atoms with Gasteiger partial charge in [0.05, 0.1) is 10.7 Å². The molecule has 19 heavy (non-hydrogen) atoms. The number of hydrogen-bond acceptors (Lipinski definition) is 3. The minimum atomic E-state index is 0.720. The topological polar surface area (TPSA) is 38.9 Å². The van der Waals surface area contributed by atoms with Crippen molar-refractivity contribution in [1.29, 1.82) is 0 Å². The standard InChI is InChI=1S/C16H28N2S/c1-4-5-13-6-7-14(10-17)15(8-13)9-16-18-11(2)12(3)19-16/h13-15H,4-10,17H2,1-3H3. The van der Waals surface area contributed by atoms with Gasteiger partial charge in [-0.05, 0) is 51.0 Å². The van der Waals surface area contributed by atoms with E-state index in [-0.39, 0.29) is 0 Å². The molecular formula is C16H28N2S. The fraction of sp³-hybridized carbons (Fsp3) is 0.812. The van der Waals surface area contributed by atoms with E-state index in [9.17, 15) is 0 Å².